The first-order valence-corrected chi connectivity index (χ1v) is 28.0. The highest BCUT2D eigenvalue weighted by Gasteiger charge is 2.49. The van der Waals surface area contributed by atoms with E-state index in [1.165, 1.54) is 9.80 Å². The van der Waals surface area contributed by atoms with E-state index in [2.05, 4.69) is 0 Å². The van der Waals surface area contributed by atoms with Crippen LogP contribution in [0.2, 0.25) is 20.1 Å². The number of rotatable bonds is 16. The summed E-state index contributed by atoms with van der Waals surface area (Å²) >= 11 is 24.8. The van der Waals surface area contributed by atoms with Crippen molar-refractivity contribution in [3.63, 3.8) is 0 Å². The number of aliphatic hydroxyl groups excluding tert-OH is 2. The van der Waals surface area contributed by atoms with Gasteiger partial charge in [0.1, 0.15) is 37.6 Å². The molecule has 2 saturated heterocycles. The van der Waals surface area contributed by atoms with Gasteiger partial charge in [-0.15, -0.1) is 0 Å². The van der Waals surface area contributed by atoms with Crippen LogP contribution in [-0.2, 0) is 48.3 Å². The number of Topliss-reactive ketones (excluding diaryl/α,β-unsaturated/α-hetero) is 2. The Balaban J connectivity index is 0.000000267. The third kappa shape index (κ3) is 14.3. The number of amides is 2. The van der Waals surface area contributed by atoms with Gasteiger partial charge in [-0.1, -0.05) is 94.9 Å². The lowest BCUT2D eigenvalue weighted by Crippen LogP contribution is -2.56. The summed E-state index contributed by atoms with van der Waals surface area (Å²) in [5.74, 6) is -2.72. The van der Waals surface area contributed by atoms with Gasteiger partial charge in [0.2, 0.25) is 0 Å². The molecule has 0 aromatic heterocycles. The van der Waals surface area contributed by atoms with Crippen LogP contribution >= 0.6 is 46.4 Å². The van der Waals surface area contributed by atoms with Gasteiger partial charge in [0.25, 0.3) is 11.8 Å². The van der Waals surface area contributed by atoms with Crippen molar-refractivity contribution in [1.82, 2.24) is 9.80 Å². The lowest BCUT2D eigenvalue weighted by atomic mass is 9.90. The largest absolute Gasteiger partial charge is 0.389 e. The molecule has 4 aromatic rings. The van der Waals surface area contributed by atoms with Crippen LogP contribution in [0.5, 0.6) is 0 Å². The zero-order valence-electron chi connectivity index (χ0n) is 41.3. The summed E-state index contributed by atoms with van der Waals surface area (Å²) in [7, 11) is -7.20. The second-order valence-corrected chi connectivity index (χ2v) is 27.3. The first kappa shape index (κ1) is 58.9. The number of morpholine rings is 2. The molecule has 0 spiro atoms. The Morgan fingerprint density at radius 1 is 0.542 bits per heavy atom. The normalized spacial score (nSPS) is 21.9. The Morgan fingerprint density at radius 3 is 1.14 bits per heavy atom. The number of carbonyl (C=O) groups is 4. The summed E-state index contributed by atoms with van der Waals surface area (Å²) < 4.78 is 62.8. The number of ketones is 2. The fourth-order valence-corrected chi connectivity index (χ4v) is 11.7. The lowest BCUT2D eigenvalue weighted by molar-refractivity contribution is -0.180. The predicted molar refractivity (Wildman–Crippen MR) is 280 cm³/mol. The SMILES string of the molecule is C[C@@H](CS(=O)(=O)C(C)(C)C)N1C(=O)[C@@H](CC(=O)CO)O[C@H](c2cccc(Cl)c2)[C@H]1c1ccc(Cl)cc1.C[C@@H](CS(=O)(=O)C(C)(C)C)N1C(=O)[C@H](CC(=O)CO)O[C@H](c2cccc(Cl)c2)[C@H]1c1ccc(Cl)cc1. The van der Waals surface area contributed by atoms with Gasteiger partial charge in [0.15, 0.2) is 31.2 Å². The molecule has 72 heavy (non-hydrogen) atoms. The molecule has 6 rings (SSSR count). The molecule has 20 heteroatoms. The van der Waals surface area contributed by atoms with Crippen molar-refractivity contribution in [3.05, 3.63) is 139 Å². The van der Waals surface area contributed by atoms with Crippen molar-refractivity contribution in [1.29, 1.82) is 0 Å². The van der Waals surface area contributed by atoms with Crippen LogP contribution in [0.25, 0.3) is 0 Å². The smallest absolute Gasteiger partial charge is 0.253 e. The van der Waals surface area contributed by atoms with Gasteiger partial charge in [0.05, 0.1) is 33.1 Å². The van der Waals surface area contributed by atoms with Crippen LogP contribution < -0.4 is 0 Å². The number of ether oxygens (including phenoxy) is 2. The van der Waals surface area contributed by atoms with Gasteiger partial charge in [-0.3, -0.25) is 19.2 Å². The number of hydrogen-bond acceptors (Lipinski definition) is 12. The summed E-state index contributed by atoms with van der Waals surface area (Å²) in [6.07, 6.45) is -4.60. The lowest BCUT2D eigenvalue weighted by Gasteiger charge is -2.47. The molecule has 0 saturated carbocycles. The van der Waals surface area contributed by atoms with Crippen molar-refractivity contribution >= 4 is 89.5 Å². The number of halogens is 4. The van der Waals surface area contributed by atoms with Crippen LogP contribution in [-0.4, -0.2) is 119 Å². The van der Waals surface area contributed by atoms with E-state index in [-0.39, 0.29) is 24.3 Å². The molecule has 0 radical (unpaired) electrons. The molecule has 0 bridgehead atoms. The van der Waals surface area contributed by atoms with E-state index in [4.69, 9.17) is 55.9 Å². The second kappa shape index (κ2) is 24.2. The highest BCUT2D eigenvalue weighted by atomic mass is 35.5. The topological polar surface area (TPSA) is 202 Å². The molecule has 2 amide bonds. The minimum Gasteiger partial charge on any atom is -0.389 e. The zero-order valence-corrected chi connectivity index (χ0v) is 46.0. The monoisotopic (exact) mass is 1110 g/mol. The molecule has 4 aromatic carbocycles. The van der Waals surface area contributed by atoms with Crippen molar-refractivity contribution in [2.45, 2.75) is 126 Å². The van der Waals surface area contributed by atoms with Gasteiger partial charge in [-0.2, -0.15) is 0 Å². The average Bonchev–Trinajstić information content (AvgIpc) is 3.29. The quantitative estimate of drug-likeness (QED) is 0.108. The van der Waals surface area contributed by atoms with Gasteiger partial charge < -0.3 is 29.5 Å². The maximum Gasteiger partial charge on any atom is 0.253 e. The summed E-state index contributed by atoms with van der Waals surface area (Å²) in [6, 6.07) is 24.8. The van der Waals surface area contributed by atoms with E-state index in [9.17, 15) is 46.2 Å². The van der Waals surface area contributed by atoms with Gasteiger partial charge in [0, 0.05) is 45.0 Å². The molecule has 2 N–H and O–H groups in total. The number of aliphatic hydroxyl groups is 2. The molecule has 0 unspecified atom stereocenters. The predicted octanol–water partition coefficient (Wildman–Crippen LogP) is 9.11. The molecular weight excluding hydrogens is 1050 g/mol. The number of carbonyl (C=O) groups excluding carboxylic acids is 4. The summed E-state index contributed by atoms with van der Waals surface area (Å²) in [4.78, 5) is 54.8. The number of sulfone groups is 2. The third-order valence-corrected chi connectivity index (χ3v) is 19.1. The summed E-state index contributed by atoms with van der Waals surface area (Å²) in [5, 5.41) is 20.5. The highest BCUT2D eigenvalue weighted by molar-refractivity contribution is 7.93. The van der Waals surface area contributed by atoms with Crippen LogP contribution in [0.3, 0.4) is 0 Å². The van der Waals surface area contributed by atoms with Crippen molar-refractivity contribution in [2.24, 2.45) is 0 Å². The first-order valence-electron chi connectivity index (χ1n) is 23.2. The Kier molecular flexibility index (Phi) is 19.8. The number of nitrogens with zero attached hydrogens (tertiary/aromatic N) is 2. The van der Waals surface area contributed by atoms with Crippen molar-refractivity contribution < 1.29 is 55.7 Å². The van der Waals surface area contributed by atoms with Gasteiger partial charge in [-0.25, -0.2) is 16.8 Å². The zero-order chi connectivity index (χ0) is 53.7. The first-order chi connectivity index (χ1) is 33.5. The van der Waals surface area contributed by atoms with Crippen molar-refractivity contribution in [2.75, 3.05) is 24.7 Å². The standard InChI is InChI=1S/2C26H31Cl2NO6S/c2*1-16(15-36(33,34)26(2,3)4)29-23(17-8-10-19(27)11-9-17)24(18-6-5-7-20(28)12-18)35-22(25(29)32)13-21(31)14-30/h2*5-12,16,22-24,30H,13-15H2,1-4H3/t16-,22+,23+,24+;16-,22-,23+,24+/m00/s1. The maximum atomic E-state index is 13.8. The van der Waals surface area contributed by atoms with Crippen LogP contribution in [0.1, 0.15) is 115 Å². The molecule has 2 aliphatic heterocycles. The maximum absolute atomic E-state index is 13.8. The van der Waals surface area contributed by atoms with E-state index in [0.29, 0.717) is 42.3 Å². The van der Waals surface area contributed by atoms with E-state index in [1.54, 1.807) is 152 Å². The Bertz CT molecular complexity index is 2610. The minimum absolute atomic E-state index is 0.282. The fraction of sp³-hybridized carbons (Fsp3) is 0.462. The van der Waals surface area contributed by atoms with E-state index in [0.717, 1.165) is 0 Å². The van der Waals surface area contributed by atoms with Crippen LogP contribution in [0.4, 0.5) is 0 Å². The molecule has 2 fully saturated rings. The van der Waals surface area contributed by atoms with Crippen LogP contribution in [0, 0.1) is 0 Å². The average molecular weight is 1110 g/mol. The van der Waals surface area contributed by atoms with Crippen LogP contribution in [0.15, 0.2) is 97.1 Å². The van der Waals surface area contributed by atoms with E-state index >= 15 is 0 Å². The summed E-state index contributed by atoms with van der Waals surface area (Å²) in [6.45, 7) is 11.6. The number of benzene rings is 4. The molecule has 2 aliphatic rings. The highest BCUT2D eigenvalue weighted by Crippen LogP contribution is 2.46. The summed E-state index contributed by atoms with van der Waals surface area (Å²) in [5.41, 5.74) is 2.69. The Labute approximate surface area is 442 Å². The molecule has 392 valence electrons. The second-order valence-electron chi connectivity index (χ2n) is 20.0. The Morgan fingerprint density at radius 2 is 0.861 bits per heavy atom. The molecule has 8 atom stereocenters. The molecule has 14 nitrogen and oxygen atoms in total. The van der Waals surface area contributed by atoms with Gasteiger partial charge in [-0.05, 0) is 126 Å². The Hall–Kier alpha value is -3.94. The third-order valence-electron chi connectivity index (χ3n) is 12.5. The number of hydrogen-bond donors (Lipinski definition) is 2. The van der Waals surface area contributed by atoms with E-state index < -0.39 is 114 Å². The fourth-order valence-electron chi connectivity index (χ4n) is 8.49. The molecule has 0 aliphatic carbocycles. The minimum atomic E-state index is -3.60. The molecular formula is C52H62Cl4N2O12S2. The van der Waals surface area contributed by atoms with E-state index in [1.807, 2.05) is 0 Å². The molecule has 2 heterocycles. The van der Waals surface area contributed by atoms with Crippen molar-refractivity contribution in [3.8, 4) is 0 Å². The van der Waals surface area contributed by atoms with Gasteiger partial charge >= 0.3 is 0 Å².